The van der Waals surface area contributed by atoms with E-state index in [1.165, 1.54) is 4.57 Å². The number of aromatic nitrogens is 2. The van der Waals surface area contributed by atoms with Gasteiger partial charge in [0.25, 0.3) is 0 Å². The molecule has 0 atom stereocenters. The number of pyridine rings is 1. The molecule has 3 N–H and O–H groups in total. The number of nitrogens with one attached hydrogen (secondary N) is 3. The van der Waals surface area contributed by atoms with Crippen LogP contribution >= 0.6 is 0 Å². The summed E-state index contributed by atoms with van der Waals surface area (Å²) in [6, 6.07) is 13.5. The molecule has 12 heteroatoms. The van der Waals surface area contributed by atoms with Crippen LogP contribution in [0, 0.1) is 23.2 Å². The van der Waals surface area contributed by atoms with Gasteiger partial charge in [0.15, 0.2) is 0 Å². The number of piperidine rings is 1. The van der Waals surface area contributed by atoms with Crippen LogP contribution in [-0.2, 0) is 28.0 Å². The van der Waals surface area contributed by atoms with Gasteiger partial charge in [0.2, 0.25) is 5.91 Å². The molecule has 2 fully saturated rings. The first kappa shape index (κ1) is 34.2. The third-order valence-electron chi connectivity index (χ3n) is 8.72. The van der Waals surface area contributed by atoms with Gasteiger partial charge in [-0.2, -0.15) is 18.4 Å². The highest BCUT2D eigenvalue weighted by molar-refractivity contribution is 5.83. The molecule has 2 saturated heterocycles. The molecule has 2 aliphatic rings. The second-order valence-corrected chi connectivity index (χ2v) is 12.8. The molecule has 0 unspecified atom stereocenters. The first-order valence-corrected chi connectivity index (χ1v) is 16.1. The summed E-state index contributed by atoms with van der Waals surface area (Å²) < 4.78 is 47.2. The first-order chi connectivity index (χ1) is 22.5. The second kappa shape index (κ2) is 15.2. The number of anilines is 1. The third kappa shape index (κ3) is 9.71. The van der Waals surface area contributed by atoms with Gasteiger partial charge in [0, 0.05) is 55.8 Å². The quantitative estimate of drug-likeness (QED) is 0.273. The van der Waals surface area contributed by atoms with E-state index in [1.807, 2.05) is 12.1 Å². The number of fused-ring (bicyclic) bond motifs is 1. The van der Waals surface area contributed by atoms with E-state index < -0.39 is 18.1 Å². The van der Waals surface area contributed by atoms with Crippen LogP contribution in [0.25, 0.3) is 10.9 Å². The molecular formula is C35H42F3N7O2. The number of hydrogen-bond donors (Lipinski definition) is 3. The van der Waals surface area contributed by atoms with Gasteiger partial charge in [-0.1, -0.05) is 12.0 Å². The summed E-state index contributed by atoms with van der Waals surface area (Å²) in [6.07, 6.45) is 0.777. The summed E-state index contributed by atoms with van der Waals surface area (Å²) in [5.74, 6) is 5.92. The maximum atomic E-state index is 13.5. The van der Waals surface area contributed by atoms with E-state index in [0.29, 0.717) is 60.3 Å². The molecule has 1 amide bonds. The predicted molar refractivity (Wildman–Crippen MR) is 175 cm³/mol. The number of carbonyl (C=O) groups excluding carboxylic acids is 1. The molecule has 0 saturated carbocycles. The van der Waals surface area contributed by atoms with Gasteiger partial charge in [-0.15, -0.1) is 0 Å². The molecule has 1 aromatic carbocycles. The van der Waals surface area contributed by atoms with Crippen molar-refractivity contribution in [3.05, 3.63) is 59.5 Å². The molecule has 0 bridgehead atoms. The molecule has 0 aliphatic carbocycles. The number of halogens is 3. The van der Waals surface area contributed by atoms with Gasteiger partial charge in [0.05, 0.1) is 47.8 Å². The van der Waals surface area contributed by atoms with E-state index in [9.17, 15) is 23.2 Å². The summed E-state index contributed by atoms with van der Waals surface area (Å²) in [5.41, 5.74) is 2.40. The molecule has 0 radical (unpaired) electrons. The number of rotatable bonds is 10. The average Bonchev–Trinajstić information content (AvgIpc) is 3.38. The Labute approximate surface area is 273 Å². The van der Waals surface area contributed by atoms with E-state index >= 15 is 0 Å². The highest BCUT2D eigenvalue weighted by Gasteiger charge is 2.30. The zero-order valence-corrected chi connectivity index (χ0v) is 26.9. The fraction of sp³-hybridized carbons (Fsp3) is 0.514. The van der Waals surface area contributed by atoms with Crippen LogP contribution in [0.3, 0.4) is 0 Å². The molecule has 4 heterocycles. The number of likely N-dealkylation sites (tertiary alicyclic amines) is 1. The third-order valence-corrected chi connectivity index (χ3v) is 8.72. The van der Waals surface area contributed by atoms with Crippen molar-refractivity contribution >= 4 is 22.5 Å². The molecule has 9 nitrogen and oxygen atoms in total. The fourth-order valence-corrected chi connectivity index (χ4v) is 5.97. The Hall–Kier alpha value is -4.10. The fourth-order valence-electron chi connectivity index (χ4n) is 5.97. The van der Waals surface area contributed by atoms with Crippen LogP contribution in [0.1, 0.15) is 56.5 Å². The zero-order valence-electron chi connectivity index (χ0n) is 26.9. The number of nitriles is 1. The standard InChI is InChI=1S/C35H42F3N7O2/c1-34(2,23-39)32-8-6-29(21-42-32)40-13-3-4-30-19-26-18-25(5-7-31(26)45(30)24-35(36,37)38)20-41-27-9-14-44(15-10-27)22-33(46)43-28-11-16-47-17-12-28/h5-8,18-19,21,27-28,40-41H,9-17,20,22,24H2,1-2H3,(H,43,46). The van der Waals surface area contributed by atoms with E-state index in [2.05, 4.69) is 43.7 Å². The lowest BCUT2D eigenvalue weighted by Crippen LogP contribution is -2.48. The molecule has 2 aromatic heterocycles. The van der Waals surface area contributed by atoms with Crippen LogP contribution in [0.5, 0.6) is 0 Å². The van der Waals surface area contributed by atoms with Crippen molar-refractivity contribution in [3.63, 3.8) is 0 Å². The van der Waals surface area contributed by atoms with Crippen LogP contribution in [-0.4, -0.2) is 78.0 Å². The van der Waals surface area contributed by atoms with Gasteiger partial charge in [0.1, 0.15) is 6.54 Å². The lowest BCUT2D eigenvalue weighted by atomic mass is 9.91. The van der Waals surface area contributed by atoms with Gasteiger partial charge >= 0.3 is 6.18 Å². The van der Waals surface area contributed by atoms with E-state index in [1.54, 1.807) is 44.3 Å². The number of carbonyl (C=O) groups is 1. The van der Waals surface area contributed by atoms with Crippen LogP contribution < -0.4 is 16.0 Å². The molecule has 5 rings (SSSR count). The second-order valence-electron chi connectivity index (χ2n) is 12.8. The molecule has 47 heavy (non-hydrogen) atoms. The summed E-state index contributed by atoms with van der Waals surface area (Å²) >= 11 is 0. The van der Waals surface area contributed by atoms with Gasteiger partial charge in [-0.05, 0) is 81.3 Å². The van der Waals surface area contributed by atoms with Crippen molar-refractivity contribution in [1.29, 1.82) is 5.26 Å². The molecule has 250 valence electrons. The maximum Gasteiger partial charge on any atom is 0.406 e. The number of alkyl halides is 3. The van der Waals surface area contributed by atoms with Crippen molar-refractivity contribution < 1.29 is 22.7 Å². The Kier molecular flexibility index (Phi) is 11.1. The van der Waals surface area contributed by atoms with Crippen molar-refractivity contribution in [2.45, 2.75) is 76.3 Å². The van der Waals surface area contributed by atoms with Crippen molar-refractivity contribution in [1.82, 2.24) is 25.1 Å². The highest BCUT2D eigenvalue weighted by Crippen LogP contribution is 2.27. The van der Waals surface area contributed by atoms with E-state index in [-0.39, 0.29) is 18.5 Å². The Morgan fingerprint density at radius 3 is 2.51 bits per heavy atom. The molecule has 3 aromatic rings. The highest BCUT2D eigenvalue weighted by atomic mass is 19.4. The SMILES string of the molecule is CC(C)(C#N)c1ccc(NCC#Cc2cc3cc(CNC4CCN(CC(=O)NC5CCOCC5)CC4)ccc3n2CC(F)(F)F)cn1. The number of ether oxygens (including phenoxy) is 1. The minimum Gasteiger partial charge on any atom is -0.381 e. The van der Waals surface area contributed by atoms with Gasteiger partial charge in [-0.3, -0.25) is 14.7 Å². The topological polar surface area (TPSA) is 107 Å². The van der Waals surface area contributed by atoms with Crippen LogP contribution in [0.15, 0.2) is 42.6 Å². The number of nitrogens with zero attached hydrogens (tertiary/aromatic N) is 4. The number of amides is 1. The van der Waals surface area contributed by atoms with E-state index in [0.717, 1.165) is 44.3 Å². The van der Waals surface area contributed by atoms with Crippen LogP contribution in [0.4, 0.5) is 18.9 Å². The Balaban J connectivity index is 1.15. The Bertz CT molecular complexity index is 1620. The Morgan fingerprint density at radius 2 is 1.83 bits per heavy atom. The summed E-state index contributed by atoms with van der Waals surface area (Å²) in [5, 5.41) is 19.8. The monoisotopic (exact) mass is 649 g/mol. The molecular weight excluding hydrogens is 607 g/mol. The maximum absolute atomic E-state index is 13.5. The normalized spacial score (nSPS) is 16.8. The summed E-state index contributed by atoms with van der Waals surface area (Å²) in [6.45, 7) is 6.72. The lowest BCUT2D eigenvalue weighted by Gasteiger charge is -2.32. The minimum atomic E-state index is -4.40. The Morgan fingerprint density at radius 1 is 1.06 bits per heavy atom. The van der Waals surface area contributed by atoms with Crippen LogP contribution in [0.2, 0.25) is 0 Å². The smallest absolute Gasteiger partial charge is 0.381 e. The zero-order chi connectivity index (χ0) is 33.4. The lowest BCUT2D eigenvalue weighted by molar-refractivity contribution is -0.140. The molecule has 2 aliphatic heterocycles. The summed E-state index contributed by atoms with van der Waals surface area (Å²) in [7, 11) is 0. The van der Waals surface area contributed by atoms with Crippen molar-refractivity contribution in [2.75, 3.05) is 44.7 Å². The van der Waals surface area contributed by atoms with Crippen molar-refractivity contribution in [3.8, 4) is 17.9 Å². The molecule has 0 spiro atoms. The van der Waals surface area contributed by atoms with E-state index in [4.69, 9.17) is 4.74 Å². The average molecular weight is 650 g/mol. The summed E-state index contributed by atoms with van der Waals surface area (Å²) in [4.78, 5) is 19.0. The number of benzene rings is 1. The van der Waals surface area contributed by atoms with Gasteiger partial charge in [-0.25, -0.2) is 0 Å². The van der Waals surface area contributed by atoms with Gasteiger partial charge < -0.3 is 25.3 Å². The number of hydrogen-bond acceptors (Lipinski definition) is 7. The minimum absolute atomic E-state index is 0.0680. The predicted octanol–water partition coefficient (Wildman–Crippen LogP) is 4.71. The first-order valence-electron chi connectivity index (χ1n) is 16.1. The van der Waals surface area contributed by atoms with Crippen molar-refractivity contribution in [2.24, 2.45) is 0 Å². The largest absolute Gasteiger partial charge is 0.406 e.